The Morgan fingerprint density at radius 3 is 1.79 bits per heavy atom. The molecular formula is C26H19OP. The lowest BCUT2D eigenvalue weighted by Gasteiger charge is -2.17. The van der Waals surface area contributed by atoms with Crippen LogP contribution in [0.3, 0.4) is 0 Å². The van der Waals surface area contributed by atoms with Crippen molar-refractivity contribution in [3.05, 3.63) is 103 Å². The highest BCUT2D eigenvalue weighted by molar-refractivity contribution is 7.55. The first-order valence-corrected chi connectivity index (χ1v) is 10.4. The molecule has 0 spiro atoms. The molecule has 0 aliphatic carbocycles. The minimum atomic E-state index is 0.328. The summed E-state index contributed by atoms with van der Waals surface area (Å²) in [4.78, 5) is 0. The number of aromatic hydroxyl groups is 1. The summed E-state index contributed by atoms with van der Waals surface area (Å²) in [7, 11) is 0.521. The Bertz CT molecular complexity index is 1290. The Balaban J connectivity index is 1.86. The summed E-state index contributed by atoms with van der Waals surface area (Å²) in [6.07, 6.45) is 0. The van der Waals surface area contributed by atoms with Crippen LogP contribution in [0.2, 0.25) is 0 Å². The van der Waals surface area contributed by atoms with Gasteiger partial charge in [-0.25, -0.2) is 0 Å². The maximum absolute atomic E-state index is 10.9. The van der Waals surface area contributed by atoms with Crippen LogP contribution in [-0.4, -0.2) is 5.11 Å². The standard InChI is InChI=1S/C26H19OP/c27-23-16-14-18-8-4-6-12-21(18)25(23)26-22-13-7-5-9-19(22)15-17-24(26)28-20-10-2-1-3-11-20/h1-17,27-28H. The minimum absolute atomic E-state index is 0.328. The number of phenols is 1. The second-order valence-corrected chi connectivity index (χ2v) is 8.25. The molecule has 134 valence electrons. The molecule has 0 saturated heterocycles. The largest absolute Gasteiger partial charge is 0.507 e. The van der Waals surface area contributed by atoms with Gasteiger partial charge in [-0.2, -0.15) is 0 Å². The van der Waals surface area contributed by atoms with Crippen molar-refractivity contribution in [3.63, 3.8) is 0 Å². The summed E-state index contributed by atoms with van der Waals surface area (Å²) < 4.78 is 0. The fourth-order valence-electron chi connectivity index (χ4n) is 3.84. The lowest BCUT2D eigenvalue weighted by Crippen LogP contribution is -2.07. The molecule has 1 atom stereocenters. The SMILES string of the molecule is Oc1ccc2ccccc2c1-c1c(Pc2ccccc2)ccc2ccccc12. The van der Waals surface area contributed by atoms with Crippen LogP contribution in [0, 0.1) is 0 Å². The van der Waals surface area contributed by atoms with Gasteiger partial charge >= 0.3 is 0 Å². The van der Waals surface area contributed by atoms with Crippen LogP contribution < -0.4 is 10.6 Å². The molecule has 5 rings (SSSR count). The van der Waals surface area contributed by atoms with E-state index in [1.807, 2.05) is 30.3 Å². The lowest BCUT2D eigenvalue weighted by atomic mass is 9.93. The van der Waals surface area contributed by atoms with E-state index in [0.717, 1.165) is 21.9 Å². The van der Waals surface area contributed by atoms with Crippen molar-refractivity contribution in [1.82, 2.24) is 0 Å². The molecule has 0 radical (unpaired) electrons. The van der Waals surface area contributed by atoms with Crippen LogP contribution in [0.5, 0.6) is 5.75 Å². The van der Waals surface area contributed by atoms with Crippen LogP contribution >= 0.6 is 8.58 Å². The Morgan fingerprint density at radius 2 is 1.07 bits per heavy atom. The molecule has 28 heavy (non-hydrogen) atoms. The first kappa shape index (κ1) is 17.0. The summed E-state index contributed by atoms with van der Waals surface area (Å²) in [6, 6.07) is 35.4. The maximum atomic E-state index is 10.9. The van der Waals surface area contributed by atoms with Gasteiger partial charge < -0.3 is 5.11 Å². The van der Waals surface area contributed by atoms with Gasteiger partial charge in [-0.1, -0.05) is 106 Å². The van der Waals surface area contributed by atoms with Gasteiger partial charge in [-0.3, -0.25) is 0 Å². The second-order valence-electron chi connectivity index (χ2n) is 6.88. The lowest BCUT2D eigenvalue weighted by molar-refractivity contribution is 0.478. The Labute approximate surface area is 166 Å². The van der Waals surface area contributed by atoms with Crippen LogP contribution in [0.1, 0.15) is 0 Å². The Kier molecular flexibility index (Phi) is 4.31. The average molecular weight is 378 g/mol. The monoisotopic (exact) mass is 378 g/mol. The summed E-state index contributed by atoms with van der Waals surface area (Å²) in [5.74, 6) is 0.328. The summed E-state index contributed by atoms with van der Waals surface area (Å²) in [5.41, 5.74) is 2.06. The molecule has 1 N–H and O–H groups in total. The van der Waals surface area contributed by atoms with Crippen LogP contribution in [-0.2, 0) is 0 Å². The number of fused-ring (bicyclic) bond motifs is 2. The third kappa shape index (κ3) is 2.95. The number of hydrogen-bond donors (Lipinski definition) is 1. The third-order valence-electron chi connectivity index (χ3n) is 5.14. The van der Waals surface area contributed by atoms with E-state index < -0.39 is 0 Å². The predicted molar refractivity (Wildman–Crippen MR) is 123 cm³/mol. The van der Waals surface area contributed by atoms with E-state index >= 15 is 0 Å². The molecule has 5 aromatic carbocycles. The quantitative estimate of drug-likeness (QED) is 0.382. The van der Waals surface area contributed by atoms with E-state index in [-0.39, 0.29) is 0 Å². The topological polar surface area (TPSA) is 20.2 Å². The van der Waals surface area contributed by atoms with Crippen molar-refractivity contribution >= 4 is 40.7 Å². The van der Waals surface area contributed by atoms with Crippen molar-refractivity contribution in [2.24, 2.45) is 0 Å². The summed E-state index contributed by atoms with van der Waals surface area (Å²) >= 11 is 0. The van der Waals surface area contributed by atoms with E-state index in [0.29, 0.717) is 14.3 Å². The van der Waals surface area contributed by atoms with Gasteiger partial charge in [0.1, 0.15) is 5.75 Å². The molecular weight excluding hydrogens is 359 g/mol. The highest BCUT2D eigenvalue weighted by Gasteiger charge is 2.16. The Morgan fingerprint density at radius 1 is 0.500 bits per heavy atom. The summed E-state index contributed by atoms with van der Waals surface area (Å²) in [5, 5.41) is 18.0. The van der Waals surface area contributed by atoms with E-state index in [1.165, 1.54) is 21.4 Å². The molecule has 0 aromatic heterocycles. The fourth-order valence-corrected chi connectivity index (χ4v) is 5.07. The second kappa shape index (κ2) is 7.11. The zero-order valence-electron chi connectivity index (χ0n) is 15.3. The first-order chi connectivity index (χ1) is 13.8. The van der Waals surface area contributed by atoms with Gasteiger partial charge in [0.05, 0.1) is 0 Å². The normalized spacial score (nSPS) is 11.6. The van der Waals surface area contributed by atoms with Crippen molar-refractivity contribution in [3.8, 4) is 16.9 Å². The maximum Gasteiger partial charge on any atom is 0.124 e. The van der Waals surface area contributed by atoms with Crippen LogP contribution in [0.15, 0.2) is 103 Å². The highest BCUT2D eigenvalue weighted by atomic mass is 31.1. The van der Waals surface area contributed by atoms with Crippen molar-refractivity contribution in [2.45, 2.75) is 0 Å². The molecule has 1 unspecified atom stereocenters. The van der Waals surface area contributed by atoms with E-state index in [2.05, 4.69) is 72.8 Å². The molecule has 0 amide bonds. The average Bonchev–Trinajstić information content (AvgIpc) is 2.75. The third-order valence-corrected chi connectivity index (χ3v) is 6.45. The smallest absolute Gasteiger partial charge is 0.124 e. The van der Waals surface area contributed by atoms with Crippen LogP contribution in [0.25, 0.3) is 32.7 Å². The van der Waals surface area contributed by atoms with Gasteiger partial charge in [-0.05, 0) is 38.2 Å². The van der Waals surface area contributed by atoms with Gasteiger partial charge in [0.25, 0.3) is 0 Å². The number of benzene rings is 5. The molecule has 0 aliphatic rings. The van der Waals surface area contributed by atoms with Crippen molar-refractivity contribution < 1.29 is 5.11 Å². The van der Waals surface area contributed by atoms with E-state index in [4.69, 9.17) is 0 Å². The highest BCUT2D eigenvalue weighted by Crippen LogP contribution is 2.40. The van der Waals surface area contributed by atoms with Crippen molar-refractivity contribution in [2.75, 3.05) is 0 Å². The first-order valence-electron chi connectivity index (χ1n) is 9.36. The van der Waals surface area contributed by atoms with E-state index in [9.17, 15) is 5.11 Å². The van der Waals surface area contributed by atoms with E-state index in [1.54, 1.807) is 0 Å². The molecule has 0 heterocycles. The van der Waals surface area contributed by atoms with Gasteiger partial charge in [0, 0.05) is 11.1 Å². The summed E-state index contributed by atoms with van der Waals surface area (Å²) in [6.45, 7) is 0. The Hall–Kier alpha value is -3.15. The van der Waals surface area contributed by atoms with Crippen LogP contribution in [0.4, 0.5) is 0 Å². The molecule has 0 fully saturated rings. The van der Waals surface area contributed by atoms with Gasteiger partial charge in [0.15, 0.2) is 0 Å². The molecule has 0 bridgehead atoms. The molecule has 0 aliphatic heterocycles. The number of hydrogen-bond acceptors (Lipinski definition) is 1. The predicted octanol–water partition coefficient (Wildman–Crippen LogP) is 5.99. The zero-order valence-corrected chi connectivity index (χ0v) is 16.3. The number of phenolic OH excluding ortho intramolecular Hbond substituents is 1. The molecule has 5 aromatic rings. The van der Waals surface area contributed by atoms with Gasteiger partial charge in [-0.15, -0.1) is 0 Å². The molecule has 1 nitrogen and oxygen atoms in total. The fraction of sp³-hybridized carbons (Fsp3) is 0. The van der Waals surface area contributed by atoms with Gasteiger partial charge in [0.2, 0.25) is 0 Å². The van der Waals surface area contributed by atoms with Crippen molar-refractivity contribution in [1.29, 1.82) is 0 Å². The number of rotatable bonds is 3. The minimum Gasteiger partial charge on any atom is -0.507 e. The molecule has 2 heteroatoms. The zero-order chi connectivity index (χ0) is 18.9. The molecule has 0 saturated carbocycles.